The smallest absolute Gasteiger partial charge is 0.339 e. The van der Waals surface area contributed by atoms with Gasteiger partial charge in [0, 0.05) is 17.6 Å². The van der Waals surface area contributed by atoms with E-state index in [2.05, 4.69) is 24.6 Å². The van der Waals surface area contributed by atoms with Gasteiger partial charge >= 0.3 is 5.97 Å². The van der Waals surface area contributed by atoms with E-state index in [1.807, 2.05) is 24.0 Å². The summed E-state index contributed by atoms with van der Waals surface area (Å²) < 4.78 is 37.9. The maximum Gasteiger partial charge on any atom is 0.339 e. The molecule has 0 saturated heterocycles. The van der Waals surface area contributed by atoms with Gasteiger partial charge in [-0.05, 0) is 36.8 Å². The monoisotopic (exact) mass is 481 g/mol. The number of carbonyl (C=O) groups excluding carboxylic acids is 1. The van der Waals surface area contributed by atoms with Crippen LogP contribution in [0.5, 0.6) is 0 Å². The van der Waals surface area contributed by atoms with Gasteiger partial charge in [0.2, 0.25) is 21.7 Å². The van der Waals surface area contributed by atoms with Gasteiger partial charge in [-0.15, -0.1) is 0 Å². The van der Waals surface area contributed by atoms with Gasteiger partial charge in [0.15, 0.2) is 0 Å². The van der Waals surface area contributed by atoms with Crippen LogP contribution in [0.1, 0.15) is 28.7 Å². The van der Waals surface area contributed by atoms with Crippen molar-refractivity contribution in [3.05, 3.63) is 89.2 Å². The molecule has 0 saturated carbocycles. The number of carbonyl (C=O) groups is 1. The van der Waals surface area contributed by atoms with Crippen LogP contribution < -0.4 is 4.72 Å². The molecule has 3 aromatic rings. The summed E-state index contributed by atoms with van der Waals surface area (Å²) in [4.78, 5) is 22.0. The third kappa shape index (κ3) is 5.67. The Morgan fingerprint density at radius 1 is 1.18 bits per heavy atom. The Kier molecular flexibility index (Phi) is 6.73. The average Bonchev–Trinajstić information content (AvgIpc) is 3.29. The number of benzene rings is 1. The lowest BCUT2D eigenvalue weighted by Crippen LogP contribution is -2.34. The number of ether oxygens (including phenoxy) is 1. The molecule has 1 aliphatic rings. The van der Waals surface area contributed by atoms with E-state index in [1.54, 1.807) is 42.5 Å². The number of allylic oxidation sites excluding steroid dienone is 3. The highest BCUT2D eigenvalue weighted by Gasteiger charge is 2.21. The van der Waals surface area contributed by atoms with Crippen LogP contribution in [0.4, 0.5) is 0 Å². The molecule has 4 rings (SSSR count). The molecule has 0 amide bonds. The summed E-state index contributed by atoms with van der Waals surface area (Å²) in [7, 11) is -2.26. The van der Waals surface area contributed by atoms with Crippen molar-refractivity contribution in [2.24, 2.45) is 0 Å². The van der Waals surface area contributed by atoms with Gasteiger partial charge in [-0.1, -0.05) is 35.5 Å². The predicted molar refractivity (Wildman–Crippen MR) is 123 cm³/mol. The van der Waals surface area contributed by atoms with Gasteiger partial charge in [-0.25, -0.2) is 13.2 Å². The molecule has 1 N–H and O–H groups in total. The number of aromatic nitrogens is 3. The Morgan fingerprint density at radius 3 is 2.68 bits per heavy atom. The van der Waals surface area contributed by atoms with Crippen molar-refractivity contribution in [1.29, 1.82) is 0 Å². The molecule has 1 aromatic carbocycles. The highest BCUT2D eigenvalue weighted by molar-refractivity contribution is 7.88. The number of hydrogen-bond donors (Lipinski definition) is 1. The summed E-state index contributed by atoms with van der Waals surface area (Å²) in [5.74, 6) is 0.0330. The van der Waals surface area contributed by atoms with Crippen molar-refractivity contribution in [1.82, 2.24) is 24.7 Å². The number of hydrogen-bond acceptors (Lipinski definition) is 9. The summed E-state index contributed by atoms with van der Waals surface area (Å²) in [6.07, 6.45) is 4.96. The Bertz CT molecular complexity index is 1330. The van der Waals surface area contributed by atoms with Crippen LogP contribution in [0.2, 0.25) is 0 Å². The molecule has 0 fully saturated rings. The molecule has 0 radical (unpaired) electrons. The molecular formula is C23H23N5O5S. The van der Waals surface area contributed by atoms with E-state index in [-0.39, 0.29) is 18.1 Å². The fraction of sp³-hybridized carbons (Fsp3) is 0.217. The maximum absolute atomic E-state index is 12.6. The summed E-state index contributed by atoms with van der Waals surface area (Å²) in [6, 6.07) is 12.2. The number of rotatable bonds is 8. The van der Waals surface area contributed by atoms with Crippen LogP contribution in [0, 0.1) is 0 Å². The summed E-state index contributed by atoms with van der Waals surface area (Å²) in [5, 5.41) is 3.96. The first kappa shape index (κ1) is 23.2. The van der Waals surface area contributed by atoms with Crippen molar-refractivity contribution in [3.63, 3.8) is 0 Å². The number of pyridine rings is 1. The van der Waals surface area contributed by atoms with Gasteiger partial charge in [0.25, 0.3) is 0 Å². The number of sulfonamides is 1. The van der Waals surface area contributed by atoms with Crippen molar-refractivity contribution in [2.75, 3.05) is 13.7 Å². The molecule has 3 heterocycles. The Hall–Kier alpha value is -3.99. The zero-order chi connectivity index (χ0) is 24.1. The molecule has 10 nitrogen and oxygen atoms in total. The minimum atomic E-state index is -3.56. The Labute approximate surface area is 197 Å². The minimum absolute atomic E-state index is 0.108. The standard InChI is InChI=1S/C23H23N5O5S/c1-16-8-10-19(27-34(30,31)15-17-6-4-3-5-7-17)13-28(16)14-21-25-22(26-33-21)20-11-9-18(12-24-20)23(29)32-2/h3-12,27H,13-15H2,1-2H3. The zero-order valence-electron chi connectivity index (χ0n) is 18.6. The fourth-order valence-corrected chi connectivity index (χ4v) is 4.57. The van der Waals surface area contributed by atoms with Gasteiger partial charge < -0.3 is 14.2 Å². The lowest BCUT2D eigenvalue weighted by atomic mass is 10.2. The van der Waals surface area contributed by atoms with Crippen LogP contribution in [0.15, 0.2) is 76.7 Å². The molecule has 0 atom stereocenters. The molecule has 0 aliphatic carbocycles. The lowest BCUT2D eigenvalue weighted by molar-refractivity contribution is 0.0600. The second-order valence-electron chi connectivity index (χ2n) is 7.64. The topological polar surface area (TPSA) is 128 Å². The number of nitrogens with one attached hydrogen (secondary N) is 1. The third-order valence-electron chi connectivity index (χ3n) is 5.08. The largest absolute Gasteiger partial charge is 0.465 e. The first-order valence-corrected chi connectivity index (χ1v) is 12.0. The van der Waals surface area contributed by atoms with Gasteiger partial charge in [0.1, 0.15) is 5.69 Å². The molecule has 1 aliphatic heterocycles. The van der Waals surface area contributed by atoms with E-state index in [0.717, 1.165) is 5.70 Å². The highest BCUT2D eigenvalue weighted by Crippen LogP contribution is 2.19. The van der Waals surface area contributed by atoms with Gasteiger partial charge in [0.05, 0.1) is 31.5 Å². The first-order chi connectivity index (χ1) is 16.3. The first-order valence-electron chi connectivity index (χ1n) is 10.4. The number of nitrogens with zero attached hydrogens (tertiary/aromatic N) is 4. The quantitative estimate of drug-likeness (QED) is 0.483. The number of esters is 1. The van der Waals surface area contributed by atoms with E-state index >= 15 is 0 Å². The van der Waals surface area contributed by atoms with E-state index in [0.29, 0.717) is 35.0 Å². The molecule has 11 heteroatoms. The molecule has 34 heavy (non-hydrogen) atoms. The van der Waals surface area contributed by atoms with E-state index in [9.17, 15) is 13.2 Å². The summed E-state index contributed by atoms with van der Waals surface area (Å²) in [5.41, 5.74) is 2.94. The SMILES string of the molecule is COC(=O)c1ccc(-c2noc(CN3CC(NS(=O)(=O)Cc4ccccc4)=CC=C3C)n2)nc1. The maximum atomic E-state index is 12.6. The van der Waals surface area contributed by atoms with Gasteiger partial charge in [-0.3, -0.25) is 9.71 Å². The van der Waals surface area contributed by atoms with Crippen LogP contribution in [-0.2, 0) is 27.1 Å². The Balaban J connectivity index is 1.40. The van der Waals surface area contributed by atoms with Crippen LogP contribution in [-0.4, -0.2) is 48.1 Å². The van der Waals surface area contributed by atoms with E-state index in [1.165, 1.54) is 13.3 Å². The van der Waals surface area contributed by atoms with E-state index < -0.39 is 16.0 Å². The highest BCUT2D eigenvalue weighted by atomic mass is 32.2. The van der Waals surface area contributed by atoms with Crippen molar-refractivity contribution in [2.45, 2.75) is 19.2 Å². The predicted octanol–water partition coefficient (Wildman–Crippen LogP) is 2.64. The lowest BCUT2D eigenvalue weighted by Gasteiger charge is -2.28. The van der Waals surface area contributed by atoms with Gasteiger partial charge in [-0.2, -0.15) is 4.98 Å². The van der Waals surface area contributed by atoms with Crippen molar-refractivity contribution in [3.8, 4) is 11.5 Å². The molecular weight excluding hydrogens is 458 g/mol. The second kappa shape index (κ2) is 9.87. The molecule has 0 bridgehead atoms. The summed E-state index contributed by atoms with van der Waals surface area (Å²) >= 11 is 0. The average molecular weight is 482 g/mol. The fourth-order valence-electron chi connectivity index (χ4n) is 3.34. The third-order valence-corrected chi connectivity index (χ3v) is 6.37. The second-order valence-corrected chi connectivity index (χ2v) is 9.36. The van der Waals surface area contributed by atoms with Crippen molar-refractivity contribution >= 4 is 16.0 Å². The normalized spacial score (nSPS) is 13.8. The molecule has 0 unspecified atom stereocenters. The van der Waals surface area contributed by atoms with Crippen LogP contribution in [0.3, 0.4) is 0 Å². The molecule has 2 aromatic heterocycles. The van der Waals surface area contributed by atoms with Crippen LogP contribution >= 0.6 is 0 Å². The van der Waals surface area contributed by atoms with Crippen molar-refractivity contribution < 1.29 is 22.5 Å². The van der Waals surface area contributed by atoms with E-state index in [4.69, 9.17) is 4.52 Å². The minimum Gasteiger partial charge on any atom is -0.465 e. The number of methoxy groups -OCH3 is 1. The Morgan fingerprint density at radius 2 is 1.97 bits per heavy atom. The zero-order valence-corrected chi connectivity index (χ0v) is 19.4. The molecule has 0 spiro atoms. The summed E-state index contributed by atoms with van der Waals surface area (Å²) in [6.45, 7) is 2.53. The molecule has 176 valence electrons. The van der Waals surface area contributed by atoms with Crippen LogP contribution in [0.25, 0.3) is 11.5 Å².